The molecular formula is C17H31N3. The predicted molar refractivity (Wildman–Crippen MR) is 88.9 cm³/mol. The van der Waals surface area contributed by atoms with E-state index in [1.54, 1.807) is 0 Å². The van der Waals surface area contributed by atoms with E-state index in [1.165, 1.54) is 19.3 Å². The molecule has 0 radical (unpaired) electrons. The van der Waals surface area contributed by atoms with Crippen molar-refractivity contribution < 1.29 is 0 Å². The van der Waals surface area contributed by atoms with Gasteiger partial charge in [-0.15, -0.1) is 0 Å². The fourth-order valence-electron chi connectivity index (χ4n) is 2.67. The minimum absolute atomic E-state index is 0.0684. The van der Waals surface area contributed by atoms with E-state index < -0.39 is 0 Å². The van der Waals surface area contributed by atoms with E-state index in [1.807, 2.05) is 6.21 Å². The van der Waals surface area contributed by atoms with Gasteiger partial charge >= 0.3 is 0 Å². The molecule has 0 spiro atoms. The summed E-state index contributed by atoms with van der Waals surface area (Å²) in [4.78, 5) is 4.62. The highest BCUT2D eigenvalue weighted by Gasteiger charge is 2.22. The minimum Gasteiger partial charge on any atom is -0.399 e. The first-order valence-corrected chi connectivity index (χ1v) is 7.84. The van der Waals surface area contributed by atoms with Gasteiger partial charge in [0, 0.05) is 24.0 Å². The summed E-state index contributed by atoms with van der Waals surface area (Å²) in [5.74, 6) is 0.657. The van der Waals surface area contributed by atoms with Crippen molar-refractivity contribution in [2.75, 3.05) is 6.54 Å². The number of allylic oxidation sites excluding steroid dienone is 1. The van der Waals surface area contributed by atoms with Crippen LogP contribution in [0.2, 0.25) is 0 Å². The number of rotatable bonds is 4. The Labute approximate surface area is 124 Å². The molecule has 1 aliphatic heterocycles. The van der Waals surface area contributed by atoms with Gasteiger partial charge in [0.25, 0.3) is 0 Å². The van der Waals surface area contributed by atoms with Crippen LogP contribution in [0.1, 0.15) is 59.3 Å². The number of aliphatic imine (C=N–C) groups is 1. The average Bonchev–Trinajstić information content (AvgIpc) is 2.40. The molecule has 0 fully saturated rings. The second kappa shape index (κ2) is 8.13. The van der Waals surface area contributed by atoms with Gasteiger partial charge in [-0.1, -0.05) is 26.3 Å². The SMILES string of the molecule is C=C(N)/C1=C\NC(C)(C)CC(CCCC)CN=CCC1. The predicted octanol–water partition coefficient (Wildman–Crippen LogP) is 3.77. The van der Waals surface area contributed by atoms with E-state index in [-0.39, 0.29) is 5.54 Å². The fraction of sp³-hybridized carbons (Fsp3) is 0.706. The number of unbranched alkanes of at least 4 members (excludes halogenated alkanes) is 1. The van der Waals surface area contributed by atoms with E-state index >= 15 is 0 Å². The monoisotopic (exact) mass is 277 g/mol. The van der Waals surface area contributed by atoms with Crippen molar-refractivity contribution in [1.29, 1.82) is 0 Å². The molecule has 3 heteroatoms. The molecule has 0 aromatic heterocycles. The Hall–Kier alpha value is -1.25. The molecule has 0 bridgehead atoms. The van der Waals surface area contributed by atoms with E-state index in [2.05, 4.69) is 43.9 Å². The van der Waals surface area contributed by atoms with Gasteiger partial charge in [0.05, 0.1) is 0 Å². The van der Waals surface area contributed by atoms with Gasteiger partial charge in [0.15, 0.2) is 0 Å². The number of nitrogens with two attached hydrogens (primary N) is 1. The Balaban J connectivity index is 2.79. The van der Waals surface area contributed by atoms with E-state index in [0.717, 1.165) is 31.4 Å². The van der Waals surface area contributed by atoms with Crippen LogP contribution in [-0.2, 0) is 0 Å². The van der Waals surface area contributed by atoms with Gasteiger partial charge < -0.3 is 11.1 Å². The van der Waals surface area contributed by atoms with Gasteiger partial charge in [-0.3, -0.25) is 4.99 Å². The summed E-state index contributed by atoms with van der Waals surface area (Å²) in [6.45, 7) is 11.6. The van der Waals surface area contributed by atoms with Crippen molar-refractivity contribution >= 4 is 6.21 Å². The number of hydrogen-bond acceptors (Lipinski definition) is 3. The summed E-state index contributed by atoms with van der Waals surface area (Å²) in [5, 5.41) is 3.54. The maximum absolute atomic E-state index is 5.85. The van der Waals surface area contributed by atoms with Crippen molar-refractivity contribution in [2.24, 2.45) is 16.6 Å². The van der Waals surface area contributed by atoms with Gasteiger partial charge in [-0.25, -0.2) is 0 Å². The van der Waals surface area contributed by atoms with Crippen molar-refractivity contribution in [3.8, 4) is 0 Å². The van der Waals surface area contributed by atoms with E-state index in [9.17, 15) is 0 Å². The van der Waals surface area contributed by atoms with Crippen molar-refractivity contribution in [2.45, 2.75) is 64.8 Å². The van der Waals surface area contributed by atoms with Gasteiger partial charge in [0.2, 0.25) is 0 Å². The number of nitrogens with one attached hydrogen (secondary N) is 1. The van der Waals surface area contributed by atoms with Crippen LogP contribution >= 0.6 is 0 Å². The fourth-order valence-corrected chi connectivity index (χ4v) is 2.67. The molecule has 114 valence electrons. The molecule has 1 rings (SSSR count). The lowest BCUT2D eigenvalue weighted by Gasteiger charge is -2.30. The van der Waals surface area contributed by atoms with Crippen molar-refractivity contribution in [3.05, 3.63) is 24.0 Å². The molecule has 1 aliphatic rings. The summed E-state index contributed by atoms with van der Waals surface area (Å²) in [6.07, 6.45) is 10.9. The Kier molecular flexibility index (Phi) is 6.83. The highest BCUT2D eigenvalue weighted by molar-refractivity contribution is 5.58. The molecule has 3 nitrogen and oxygen atoms in total. The van der Waals surface area contributed by atoms with Crippen LogP contribution < -0.4 is 11.1 Å². The zero-order valence-electron chi connectivity index (χ0n) is 13.4. The van der Waals surface area contributed by atoms with Crippen LogP contribution in [-0.4, -0.2) is 18.3 Å². The highest BCUT2D eigenvalue weighted by Crippen LogP contribution is 2.23. The average molecular weight is 277 g/mol. The molecular weight excluding hydrogens is 246 g/mol. The van der Waals surface area contributed by atoms with Crippen LogP contribution in [0, 0.1) is 5.92 Å². The Morgan fingerprint density at radius 2 is 2.30 bits per heavy atom. The third-order valence-electron chi connectivity index (χ3n) is 3.85. The Morgan fingerprint density at radius 1 is 1.55 bits per heavy atom. The number of hydrogen-bond donors (Lipinski definition) is 2. The Morgan fingerprint density at radius 3 is 2.95 bits per heavy atom. The molecule has 20 heavy (non-hydrogen) atoms. The maximum Gasteiger partial charge on any atom is 0.0414 e. The second-order valence-electron chi connectivity index (χ2n) is 6.52. The molecule has 0 saturated carbocycles. The number of nitrogens with zero attached hydrogens (tertiary/aromatic N) is 1. The first kappa shape index (κ1) is 16.8. The van der Waals surface area contributed by atoms with Crippen LogP contribution in [0.15, 0.2) is 29.0 Å². The summed E-state index contributed by atoms with van der Waals surface area (Å²) in [5.41, 5.74) is 7.67. The summed E-state index contributed by atoms with van der Waals surface area (Å²) in [7, 11) is 0. The van der Waals surface area contributed by atoms with Crippen LogP contribution in [0.25, 0.3) is 0 Å². The largest absolute Gasteiger partial charge is 0.399 e. The lowest BCUT2D eigenvalue weighted by molar-refractivity contribution is 0.311. The van der Waals surface area contributed by atoms with Gasteiger partial charge in [-0.2, -0.15) is 0 Å². The van der Waals surface area contributed by atoms with Gasteiger partial charge in [0.1, 0.15) is 0 Å². The summed E-state index contributed by atoms with van der Waals surface area (Å²) >= 11 is 0. The lowest BCUT2D eigenvalue weighted by Crippen LogP contribution is -2.38. The second-order valence-corrected chi connectivity index (χ2v) is 6.52. The minimum atomic E-state index is 0.0684. The molecule has 0 saturated heterocycles. The Bertz CT molecular complexity index is 366. The molecule has 0 aliphatic carbocycles. The summed E-state index contributed by atoms with van der Waals surface area (Å²) in [6, 6.07) is 0. The third kappa shape index (κ3) is 6.27. The first-order valence-electron chi connectivity index (χ1n) is 7.84. The molecule has 0 amide bonds. The molecule has 0 aromatic carbocycles. The third-order valence-corrected chi connectivity index (χ3v) is 3.85. The van der Waals surface area contributed by atoms with E-state index in [4.69, 9.17) is 5.73 Å². The van der Waals surface area contributed by atoms with E-state index in [0.29, 0.717) is 11.6 Å². The first-order chi connectivity index (χ1) is 9.44. The molecule has 0 aromatic rings. The zero-order chi connectivity index (χ0) is 15.0. The topological polar surface area (TPSA) is 50.4 Å². The van der Waals surface area contributed by atoms with Crippen LogP contribution in [0.4, 0.5) is 0 Å². The summed E-state index contributed by atoms with van der Waals surface area (Å²) < 4.78 is 0. The van der Waals surface area contributed by atoms with Crippen LogP contribution in [0.5, 0.6) is 0 Å². The molecule has 3 N–H and O–H groups in total. The normalized spacial score (nSPS) is 25.9. The highest BCUT2D eigenvalue weighted by atomic mass is 14.9. The standard InChI is InChI=1S/C17H31N3/c1-5-6-8-15-11-17(3,4)20-13-16(14(2)18)9-7-10-19-12-15/h10,13,15,20H,2,5-9,11-12,18H2,1,3-4H3/b16-13-,19-10?. The molecule has 1 unspecified atom stereocenters. The quantitative estimate of drug-likeness (QED) is 0.821. The maximum atomic E-state index is 5.85. The molecule has 1 atom stereocenters. The lowest BCUT2D eigenvalue weighted by atomic mass is 9.87. The van der Waals surface area contributed by atoms with Crippen molar-refractivity contribution in [3.63, 3.8) is 0 Å². The smallest absolute Gasteiger partial charge is 0.0414 e. The van der Waals surface area contributed by atoms with Crippen LogP contribution in [0.3, 0.4) is 0 Å². The van der Waals surface area contributed by atoms with Crippen molar-refractivity contribution in [1.82, 2.24) is 5.32 Å². The zero-order valence-corrected chi connectivity index (χ0v) is 13.4. The van der Waals surface area contributed by atoms with Gasteiger partial charge in [-0.05, 0) is 57.2 Å². The molecule has 1 heterocycles.